The zero-order chi connectivity index (χ0) is 19.1. The van der Waals surface area contributed by atoms with Crippen molar-refractivity contribution in [3.63, 3.8) is 0 Å². The van der Waals surface area contributed by atoms with Gasteiger partial charge in [-0.1, -0.05) is 29.4 Å². The van der Waals surface area contributed by atoms with Crippen molar-refractivity contribution in [1.29, 1.82) is 0 Å². The van der Waals surface area contributed by atoms with Gasteiger partial charge in [-0.25, -0.2) is 4.39 Å². The topological polar surface area (TPSA) is 56.5 Å². The number of oxime groups is 1. The first-order valence-electron chi connectivity index (χ1n) is 9.06. The molecule has 0 radical (unpaired) electrons. The van der Waals surface area contributed by atoms with Gasteiger partial charge in [0.1, 0.15) is 11.5 Å². The summed E-state index contributed by atoms with van der Waals surface area (Å²) in [5.41, 5.74) is 2.34. The van der Waals surface area contributed by atoms with Gasteiger partial charge in [-0.3, -0.25) is 9.78 Å². The molecule has 0 bridgehead atoms. The van der Waals surface area contributed by atoms with Crippen LogP contribution < -0.4 is 5.43 Å². The molecule has 0 aliphatic carbocycles. The summed E-state index contributed by atoms with van der Waals surface area (Å²) in [6, 6.07) is 17.5. The van der Waals surface area contributed by atoms with Crippen LogP contribution in [0.3, 0.4) is 0 Å². The fourth-order valence-electron chi connectivity index (χ4n) is 3.74. The van der Waals surface area contributed by atoms with Crippen LogP contribution in [0, 0.1) is 5.82 Å². The first kappa shape index (κ1) is 16.6. The Morgan fingerprint density at radius 2 is 1.86 bits per heavy atom. The number of pyridine rings is 2. The minimum atomic E-state index is -0.427. The number of nitrogens with zero attached hydrogens (tertiary/aromatic N) is 3. The second-order valence-electron chi connectivity index (χ2n) is 6.78. The normalized spacial score (nSPS) is 16.3. The molecule has 0 saturated carbocycles. The largest absolute Gasteiger partial charge is 0.390 e. The lowest BCUT2D eigenvalue weighted by atomic mass is 10.1. The lowest BCUT2D eigenvalue weighted by Gasteiger charge is -2.18. The number of hydrogen-bond donors (Lipinski definition) is 0. The molecule has 1 aliphatic heterocycles. The molecule has 0 N–H and O–H groups in total. The van der Waals surface area contributed by atoms with E-state index in [2.05, 4.69) is 10.1 Å². The summed E-state index contributed by atoms with van der Waals surface area (Å²) in [7, 11) is 0. The molecule has 0 fully saturated rings. The van der Waals surface area contributed by atoms with Gasteiger partial charge in [0.25, 0.3) is 0 Å². The maximum atomic E-state index is 14.7. The van der Waals surface area contributed by atoms with Crippen LogP contribution in [0.15, 0.2) is 76.8 Å². The van der Waals surface area contributed by atoms with Crippen molar-refractivity contribution in [2.24, 2.45) is 5.16 Å². The van der Waals surface area contributed by atoms with Crippen LogP contribution in [0.5, 0.6) is 0 Å². The molecule has 5 nitrogen and oxygen atoms in total. The molecule has 1 atom stereocenters. The third kappa shape index (κ3) is 2.65. The van der Waals surface area contributed by atoms with Crippen LogP contribution in [0.4, 0.5) is 4.39 Å². The molecule has 5 rings (SSSR count). The Kier molecular flexibility index (Phi) is 3.90. The van der Waals surface area contributed by atoms with E-state index in [1.165, 1.54) is 6.07 Å². The van der Waals surface area contributed by atoms with E-state index in [1.54, 1.807) is 24.4 Å². The lowest BCUT2D eigenvalue weighted by molar-refractivity contribution is 0.0741. The van der Waals surface area contributed by atoms with Crippen LogP contribution in [0.1, 0.15) is 12.1 Å². The van der Waals surface area contributed by atoms with Crippen molar-refractivity contribution in [2.45, 2.75) is 19.1 Å². The van der Waals surface area contributed by atoms with E-state index >= 15 is 0 Å². The molecule has 0 spiro atoms. The van der Waals surface area contributed by atoms with Crippen molar-refractivity contribution in [3.8, 4) is 0 Å². The Morgan fingerprint density at radius 3 is 2.71 bits per heavy atom. The van der Waals surface area contributed by atoms with Crippen molar-refractivity contribution in [2.75, 3.05) is 0 Å². The van der Waals surface area contributed by atoms with Crippen LogP contribution in [0.2, 0.25) is 0 Å². The van der Waals surface area contributed by atoms with Crippen LogP contribution >= 0.6 is 0 Å². The van der Waals surface area contributed by atoms with Crippen molar-refractivity contribution in [3.05, 3.63) is 88.6 Å². The summed E-state index contributed by atoms with van der Waals surface area (Å²) in [5, 5.41) is 5.09. The summed E-state index contributed by atoms with van der Waals surface area (Å²) in [5.74, 6) is -0.427. The maximum Gasteiger partial charge on any atom is 0.197 e. The van der Waals surface area contributed by atoms with E-state index in [-0.39, 0.29) is 11.5 Å². The van der Waals surface area contributed by atoms with E-state index < -0.39 is 5.82 Å². The second-order valence-corrected chi connectivity index (χ2v) is 6.78. The molecule has 1 unspecified atom stereocenters. The number of para-hydroxylation sites is 2. The van der Waals surface area contributed by atoms with Crippen LogP contribution in [-0.2, 0) is 11.4 Å². The maximum absolute atomic E-state index is 14.7. The smallest absolute Gasteiger partial charge is 0.197 e. The minimum absolute atomic E-state index is 0.167. The van der Waals surface area contributed by atoms with Gasteiger partial charge in [-0.2, -0.15) is 0 Å². The molecule has 3 heterocycles. The number of halogens is 1. The van der Waals surface area contributed by atoms with Crippen LogP contribution in [0.25, 0.3) is 21.8 Å². The number of benzene rings is 2. The molecular formula is C22H16FN3O2. The molecule has 6 heteroatoms. The summed E-state index contributed by atoms with van der Waals surface area (Å²) < 4.78 is 16.6. The molecule has 4 aromatic rings. The molecule has 28 heavy (non-hydrogen) atoms. The van der Waals surface area contributed by atoms with Gasteiger partial charge in [0.2, 0.25) is 0 Å². The molecule has 0 amide bonds. The second kappa shape index (κ2) is 6.56. The zero-order valence-electron chi connectivity index (χ0n) is 14.9. The minimum Gasteiger partial charge on any atom is -0.390 e. The average Bonchev–Trinajstić information content (AvgIpc) is 3.20. The highest BCUT2D eigenvalue weighted by Gasteiger charge is 2.25. The van der Waals surface area contributed by atoms with Gasteiger partial charge >= 0.3 is 0 Å². The number of fused-ring (bicyclic) bond motifs is 2. The number of hydrogen-bond acceptors (Lipinski definition) is 4. The van der Waals surface area contributed by atoms with Gasteiger partial charge in [0.15, 0.2) is 11.5 Å². The predicted octanol–water partition coefficient (Wildman–Crippen LogP) is 3.88. The Hall–Kier alpha value is -3.54. The van der Waals surface area contributed by atoms with Crippen molar-refractivity contribution >= 4 is 27.5 Å². The van der Waals surface area contributed by atoms with Gasteiger partial charge in [-0.05, 0) is 36.4 Å². The van der Waals surface area contributed by atoms with E-state index in [0.29, 0.717) is 34.8 Å². The van der Waals surface area contributed by atoms with E-state index in [1.807, 2.05) is 41.0 Å². The molecular weight excluding hydrogens is 357 g/mol. The Morgan fingerprint density at radius 1 is 1.04 bits per heavy atom. The predicted molar refractivity (Wildman–Crippen MR) is 106 cm³/mol. The fourth-order valence-corrected chi connectivity index (χ4v) is 3.74. The Bertz CT molecular complexity index is 1280. The molecule has 0 saturated heterocycles. The van der Waals surface area contributed by atoms with Crippen molar-refractivity contribution in [1.82, 2.24) is 9.55 Å². The SMILES string of the molecule is O=c1c2ccccc2n(CC2CC(c3ccccn3)=NO2)c2c(F)cccc12. The molecule has 1 aliphatic rings. The van der Waals surface area contributed by atoms with Gasteiger partial charge < -0.3 is 9.40 Å². The lowest BCUT2D eigenvalue weighted by Crippen LogP contribution is -2.21. The number of rotatable bonds is 3. The monoisotopic (exact) mass is 373 g/mol. The first-order chi connectivity index (χ1) is 13.7. The third-order valence-electron chi connectivity index (χ3n) is 5.02. The van der Waals surface area contributed by atoms with E-state index in [0.717, 1.165) is 11.4 Å². The highest BCUT2D eigenvalue weighted by atomic mass is 19.1. The molecule has 2 aromatic heterocycles. The summed E-state index contributed by atoms with van der Waals surface area (Å²) >= 11 is 0. The number of aromatic nitrogens is 2. The average molecular weight is 373 g/mol. The fraction of sp³-hybridized carbons (Fsp3) is 0.136. The van der Waals surface area contributed by atoms with E-state index in [4.69, 9.17) is 4.84 Å². The van der Waals surface area contributed by atoms with Gasteiger partial charge in [0, 0.05) is 23.4 Å². The summed E-state index contributed by atoms with van der Waals surface area (Å²) in [6.07, 6.45) is 2.00. The summed E-state index contributed by atoms with van der Waals surface area (Å²) in [6.45, 7) is 0.373. The molecule has 2 aromatic carbocycles. The quantitative estimate of drug-likeness (QED) is 0.512. The van der Waals surface area contributed by atoms with E-state index in [9.17, 15) is 9.18 Å². The summed E-state index contributed by atoms with van der Waals surface area (Å²) in [4.78, 5) is 22.8. The molecule has 138 valence electrons. The first-order valence-corrected chi connectivity index (χ1v) is 9.06. The van der Waals surface area contributed by atoms with Crippen LogP contribution in [-0.4, -0.2) is 21.4 Å². The van der Waals surface area contributed by atoms with Gasteiger partial charge in [0.05, 0.1) is 23.3 Å². The highest BCUT2D eigenvalue weighted by molar-refractivity contribution is 5.99. The third-order valence-corrected chi connectivity index (χ3v) is 5.02. The highest BCUT2D eigenvalue weighted by Crippen LogP contribution is 2.25. The Labute approximate surface area is 159 Å². The van der Waals surface area contributed by atoms with Gasteiger partial charge in [-0.15, -0.1) is 0 Å². The Balaban J connectivity index is 1.59. The van der Waals surface area contributed by atoms with Crippen molar-refractivity contribution < 1.29 is 9.23 Å². The standard InChI is InChI=1S/C22H16FN3O2/c23-17-8-5-7-16-21(17)26(20-10-2-1-6-15(20)22(16)27)13-14-12-19(25-28-14)18-9-3-4-11-24-18/h1-11,14H,12-13H2. The zero-order valence-corrected chi connectivity index (χ0v) is 14.9.